The van der Waals surface area contributed by atoms with Crippen LogP contribution in [0.2, 0.25) is 5.15 Å². The van der Waals surface area contributed by atoms with Gasteiger partial charge in [-0.15, -0.1) is 0 Å². The number of aromatic nitrogens is 4. The molecule has 1 saturated heterocycles. The molecule has 10 heteroatoms. The van der Waals surface area contributed by atoms with E-state index in [0.717, 1.165) is 0 Å². The maximum Gasteiger partial charge on any atom is 0.516 e. The molecule has 164 valence electrons. The number of nitrogen functional groups attached to an aromatic ring is 1. The van der Waals surface area contributed by atoms with Crippen molar-refractivity contribution in [1.82, 2.24) is 19.6 Å². The Balaban J connectivity index is 1.70. The second kappa shape index (κ2) is 7.65. The van der Waals surface area contributed by atoms with Crippen LogP contribution in [0.1, 0.15) is 20.8 Å². The second-order valence-corrected chi connectivity index (χ2v) is 9.32. The molecule has 1 fully saturated rings. The highest BCUT2D eigenvalue weighted by molar-refractivity contribution is 6.29. The number of nitrogens with zero attached hydrogens (tertiary/aromatic N) is 6. The Labute approximate surface area is 186 Å². The van der Waals surface area contributed by atoms with Crippen molar-refractivity contribution in [3.63, 3.8) is 0 Å². The average molecular weight is 445 g/mol. The number of anilines is 1. The zero-order valence-electron chi connectivity index (χ0n) is 18.2. The van der Waals surface area contributed by atoms with Gasteiger partial charge in [0.2, 0.25) is 0 Å². The third-order valence-corrected chi connectivity index (χ3v) is 5.56. The number of piperazine rings is 1. The molecule has 0 spiro atoms. The molecule has 0 saturated carbocycles. The van der Waals surface area contributed by atoms with E-state index >= 15 is 0 Å². The normalized spacial score (nSPS) is 16.5. The Bertz CT molecular complexity index is 1130. The number of rotatable bonds is 2. The van der Waals surface area contributed by atoms with Crippen molar-refractivity contribution in [1.29, 1.82) is 0 Å². The zero-order valence-corrected chi connectivity index (χ0v) is 18.9. The first-order valence-electron chi connectivity index (χ1n) is 10.2. The van der Waals surface area contributed by atoms with E-state index in [2.05, 4.69) is 15.0 Å². The van der Waals surface area contributed by atoms with Crippen LogP contribution >= 0.6 is 11.6 Å². The third-order valence-electron chi connectivity index (χ3n) is 5.35. The predicted octanol–water partition coefficient (Wildman–Crippen LogP) is 3.06. The Kier molecular flexibility index (Phi) is 5.26. The number of fused-ring (bicyclic) bond motifs is 1. The second-order valence-electron chi connectivity index (χ2n) is 8.94. The quantitative estimate of drug-likeness (QED) is 0.479. The molecule has 1 aliphatic rings. The largest absolute Gasteiger partial charge is 0.516 e. The Morgan fingerprint density at radius 2 is 1.90 bits per heavy atom. The number of amides is 1. The number of imidazole rings is 1. The van der Waals surface area contributed by atoms with Gasteiger partial charge in [-0.3, -0.25) is 5.01 Å². The minimum absolute atomic E-state index is 0.207. The SMILES string of the molecule is CC(C)(C)OC(=O)[N+]1(C)CCN(n2c(-c3cccnc3N)nc3ccc(Cl)nc32)CC1. The number of hydrogen-bond acceptors (Lipinski definition) is 7. The van der Waals surface area contributed by atoms with Gasteiger partial charge < -0.3 is 10.5 Å². The smallest absolute Gasteiger partial charge is 0.414 e. The van der Waals surface area contributed by atoms with Gasteiger partial charge in [-0.25, -0.2) is 24.1 Å². The van der Waals surface area contributed by atoms with E-state index in [1.165, 1.54) is 0 Å². The lowest BCUT2D eigenvalue weighted by Crippen LogP contribution is -2.63. The van der Waals surface area contributed by atoms with Crippen LogP contribution in [0.4, 0.5) is 10.6 Å². The molecule has 0 radical (unpaired) electrons. The first kappa shape index (κ1) is 21.3. The molecule has 1 aliphatic heterocycles. The maximum absolute atomic E-state index is 12.8. The monoisotopic (exact) mass is 444 g/mol. The molecule has 1 amide bonds. The molecule has 2 N–H and O–H groups in total. The van der Waals surface area contributed by atoms with E-state index in [1.54, 1.807) is 12.3 Å². The molecule has 3 aromatic rings. The van der Waals surface area contributed by atoms with Crippen LogP contribution in [-0.2, 0) is 4.74 Å². The van der Waals surface area contributed by atoms with Crippen LogP contribution in [0.25, 0.3) is 22.6 Å². The van der Waals surface area contributed by atoms with Gasteiger partial charge in [-0.2, -0.15) is 4.79 Å². The molecule has 4 rings (SSSR count). The molecule has 0 atom stereocenters. The summed E-state index contributed by atoms with van der Waals surface area (Å²) in [4.78, 5) is 26.3. The van der Waals surface area contributed by atoms with E-state index < -0.39 is 5.60 Å². The summed E-state index contributed by atoms with van der Waals surface area (Å²) < 4.78 is 7.79. The van der Waals surface area contributed by atoms with Crippen molar-refractivity contribution < 1.29 is 14.0 Å². The Morgan fingerprint density at radius 3 is 2.55 bits per heavy atom. The molecule has 0 aromatic carbocycles. The maximum atomic E-state index is 12.8. The van der Waals surface area contributed by atoms with Gasteiger partial charge in [0.25, 0.3) is 0 Å². The van der Waals surface area contributed by atoms with Crippen LogP contribution < -0.4 is 10.7 Å². The minimum Gasteiger partial charge on any atom is -0.414 e. The summed E-state index contributed by atoms with van der Waals surface area (Å²) in [5, 5.41) is 2.50. The van der Waals surface area contributed by atoms with Gasteiger partial charge in [0, 0.05) is 6.20 Å². The van der Waals surface area contributed by atoms with Gasteiger partial charge in [-0.1, -0.05) is 11.6 Å². The summed E-state index contributed by atoms with van der Waals surface area (Å²) >= 11 is 6.19. The first-order valence-corrected chi connectivity index (χ1v) is 10.5. The van der Waals surface area contributed by atoms with Gasteiger partial charge in [0.05, 0.1) is 25.7 Å². The summed E-state index contributed by atoms with van der Waals surface area (Å²) in [6.45, 7) is 8.00. The van der Waals surface area contributed by atoms with Crippen molar-refractivity contribution >= 4 is 34.7 Å². The predicted molar refractivity (Wildman–Crippen MR) is 120 cm³/mol. The topological polar surface area (TPSA) is 99.2 Å². The summed E-state index contributed by atoms with van der Waals surface area (Å²) in [7, 11) is 1.91. The van der Waals surface area contributed by atoms with Gasteiger partial charge >= 0.3 is 6.09 Å². The number of pyridine rings is 2. The molecule has 9 nitrogen and oxygen atoms in total. The fourth-order valence-corrected chi connectivity index (χ4v) is 3.77. The van der Waals surface area contributed by atoms with Crippen molar-refractivity contribution in [2.75, 3.05) is 44.0 Å². The van der Waals surface area contributed by atoms with Crippen LogP contribution in [-0.4, -0.2) is 69.0 Å². The number of quaternary nitrogens is 1. The lowest BCUT2D eigenvalue weighted by Gasteiger charge is -2.41. The Morgan fingerprint density at radius 1 is 1.19 bits per heavy atom. The summed E-state index contributed by atoms with van der Waals surface area (Å²) in [6.07, 6.45) is 1.42. The third kappa shape index (κ3) is 4.15. The van der Waals surface area contributed by atoms with E-state index in [4.69, 9.17) is 27.1 Å². The Hall–Kier alpha value is -2.91. The standard InChI is InChI=1S/C21H27ClN7O2/c1-21(2,3)31-20(30)29(4)12-10-27(11-13-29)28-18(14-6-5-9-24-17(14)23)25-15-7-8-16(22)26-19(15)28/h5-9H,10-13H2,1-4H3,(H2,23,24)/q+1. The summed E-state index contributed by atoms with van der Waals surface area (Å²) in [5.41, 5.74) is 7.68. The number of carbonyl (C=O) groups is 1. The van der Waals surface area contributed by atoms with Gasteiger partial charge in [-0.05, 0) is 45.0 Å². The van der Waals surface area contributed by atoms with Crippen molar-refractivity contribution in [3.05, 3.63) is 35.6 Å². The number of hydrogen-bond donors (Lipinski definition) is 1. The molecule has 0 bridgehead atoms. The number of nitrogens with two attached hydrogens (primary N) is 1. The highest BCUT2D eigenvalue weighted by atomic mass is 35.5. The fourth-order valence-electron chi connectivity index (χ4n) is 3.62. The molecule has 4 heterocycles. The first-order chi connectivity index (χ1) is 14.6. The zero-order chi connectivity index (χ0) is 22.4. The van der Waals surface area contributed by atoms with E-state index in [-0.39, 0.29) is 10.6 Å². The van der Waals surface area contributed by atoms with Gasteiger partial charge in [0.15, 0.2) is 11.5 Å². The lowest BCUT2D eigenvalue weighted by atomic mass is 10.2. The van der Waals surface area contributed by atoms with Crippen molar-refractivity contribution in [3.8, 4) is 11.4 Å². The minimum atomic E-state index is -0.526. The number of likely N-dealkylation sites (N-methyl/N-ethyl adjacent to an activating group) is 1. The summed E-state index contributed by atoms with van der Waals surface area (Å²) in [6, 6.07) is 7.25. The molecule has 31 heavy (non-hydrogen) atoms. The van der Waals surface area contributed by atoms with Gasteiger partial charge in [0.1, 0.15) is 35.2 Å². The molecular formula is C21H27ClN7O2+. The van der Waals surface area contributed by atoms with Crippen LogP contribution in [0.3, 0.4) is 0 Å². The van der Waals surface area contributed by atoms with Crippen LogP contribution in [0.15, 0.2) is 30.5 Å². The summed E-state index contributed by atoms with van der Waals surface area (Å²) in [5.74, 6) is 1.03. The molecule has 3 aromatic heterocycles. The van der Waals surface area contributed by atoms with E-state index in [1.807, 2.05) is 50.7 Å². The number of carbonyl (C=O) groups excluding carboxylic acids is 1. The van der Waals surface area contributed by atoms with Crippen LogP contribution in [0, 0.1) is 0 Å². The molecular weight excluding hydrogens is 418 g/mol. The highest BCUT2D eigenvalue weighted by Crippen LogP contribution is 2.29. The number of ether oxygens (including phenoxy) is 1. The lowest BCUT2D eigenvalue weighted by molar-refractivity contribution is -0.839. The van der Waals surface area contributed by atoms with Crippen molar-refractivity contribution in [2.45, 2.75) is 26.4 Å². The van der Waals surface area contributed by atoms with E-state index in [9.17, 15) is 4.79 Å². The number of halogens is 1. The van der Waals surface area contributed by atoms with Crippen molar-refractivity contribution in [2.24, 2.45) is 0 Å². The van der Waals surface area contributed by atoms with Crippen LogP contribution in [0.5, 0.6) is 0 Å². The average Bonchev–Trinajstić information content (AvgIpc) is 3.06. The fraction of sp³-hybridized carbons (Fsp3) is 0.429. The molecule has 0 aliphatic carbocycles. The van der Waals surface area contributed by atoms with E-state index in [0.29, 0.717) is 59.7 Å². The highest BCUT2D eigenvalue weighted by Gasteiger charge is 2.41. The molecule has 0 unspecified atom stereocenters.